The van der Waals surface area contributed by atoms with Gasteiger partial charge in [0, 0.05) is 16.5 Å². The predicted molar refractivity (Wildman–Crippen MR) is 190 cm³/mol. The third kappa shape index (κ3) is 4.72. The molecule has 51 heavy (non-hydrogen) atoms. The van der Waals surface area contributed by atoms with Gasteiger partial charge in [-0.3, -0.25) is 24.1 Å². The van der Waals surface area contributed by atoms with Crippen molar-refractivity contribution in [2.75, 3.05) is 16.9 Å². The number of aromatic hydroxyl groups is 1. The maximum absolute atomic E-state index is 15.4. The molecule has 6 unspecified atom stereocenters. The third-order valence-electron chi connectivity index (χ3n) is 11.1. The van der Waals surface area contributed by atoms with Crippen molar-refractivity contribution in [3.63, 3.8) is 0 Å². The van der Waals surface area contributed by atoms with Gasteiger partial charge in [0.1, 0.15) is 11.5 Å². The van der Waals surface area contributed by atoms with Crippen LogP contribution in [0.3, 0.4) is 0 Å². The number of benzene rings is 4. The number of amides is 4. The summed E-state index contributed by atoms with van der Waals surface area (Å²) in [4.78, 5) is 61.1. The van der Waals surface area contributed by atoms with Crippen molar-refractivity contribution < 1.29 is 39.1 Å². The number of methoxy groups -OCH3 is 1. The third-order valence-corrected chi connectivity index (χ3v) is 11.4. The molecule has 4 aromatic carbocycles. The number of phenols is 1. The van der Waals surface area contributed by atoms with Crippen LogP contribution in [0.5, 0.6) is 11.5 Å². The molecule has 6 atom stereocenters. The lowest BCUT2D eigenvalue weighted by Gasteiger charge is -2.51. The fourth-order valence-corrected chi connectivity index (χ4v) is 9.32. The Hall–Kier alpha value is -5.23. The normalized spacial score (nSPS) is 26.8. The molecule has 0 bridgehead atoms. The quantitative estimate of drug-likeness (QED) is 0.155. The van der Waals surface area contributed by atoms with Gasteiger partial charge in [-0.2, -0.15) is 0 Å². The highest BCUT2D eigenvalue weighted by Crippen LogP contribution is 2.66. The Balaban J connectivity index is 1.36. The maximum atomic E-state index is 15.4. The van der Waals surface area contributed by atoms with Crippen LogP contribution < -0.4 is 20.0 Å². The summed E-state index contributed by atoms with van der Waals surface area (Å²) in [5.74, 6) is -6.08. The molecule has 0 radical (unpaired) electrons. The van der Waals surface area contributed by atoms with Crippen molar-refractivity contribution in [1.29, 1.82) is 0 Å². The second kappa shape index (κ2) is 12.2. The molecule has 0 spiro atoms. The maximum Gasteiger partial charge on any atom is 0.488 e. The van der Waals surface area contributed by atoms with E-state index in [2.05, 4.69) is 0 Å². The SMILES string of the molecule is COc1cccc(O)c1C1C2=CCC3C(=O)N(c4cccc(B(O)O)c4)C(=O)C3C2CC2C(=O)N(c3cccc(Cl)c3)C(=O)C21c1ccccc1. The average Bonchev–Trinajstić information content (AvgIpc) is 3.52. The summed E-state index contributed by atoms with van der Waals surface area (Å²) in [6.45, 7) is 0. The Labute approximate surface area is 298 Å². The van der Waals surface area contributed by atoms with Crippen LogP contribution in [0, 0.1) is 23.7 Å². The van der Waals surface area contributed by atoms with Gasteiger partial charge in [0.15, 0.2) is 0 Å². The van der Waals surface area contributed by atoms with E-state index in [-0.39, 0.29) is 29.7 Å². The summed E-state index contributed by atoms with van der Waals surface area (Å²) in [5, 5.41) is 31.6. The van der Waals surface area contributed by atoms with Gasteiger partial charge in [0.2, 0.25) is 23.6 Å². The summed E-state index contributed by atoms with van der Waals surface area (Å²) >= 11 is 6.38. The minimum absolute atomic E-state index is 0.0677. The van der Waals surface area contributed by atoms with Crippen LogP contribution in [0.2, 0.25) is 5.02 Å². The zero-order valence-electron chi connectivity index (χ0n) is 27.3. The number of allylic oxidation sites excluding steroid dienone is 2. The number of halogens is 1. The number of anilines is 2. The molecule has 2 aliphatic carbocycles. The van der Waals surface area contributed by atoms with Gasteiger partial charge in [0.25, 0.3) is 0 Å². The topological polar surface area (TPSA) is 145 Å². The second-order valence-electron chi connectivity index (χ2n) is 13.5. The van der Waals surface area contributed by atoms with Crippen LogP contribution in [-0.4, -0.2) is 53.0 Å². The molecule has 10 nitrogen and oxygen atoms in total. The first-order chi connectivity index (χ1) is 24.6. The van der Waals surface area contributed by atoms with E-state index in [1.807, 2.05) is 12.1 Å². The van der Waals surface area contributed by atoms with Crippen LogP contribution in [0.4, 0.5) is 11.4 Å². The molecule has 4 amide bonds. The molecule has 2 saturated heterocycles. The first-order valence-corrected chi connectivity index (χ1v) is 17.1. The number of carbonyl (C=O) groups is 4. The van der Waals surface area contributed by atoms with Crippen molar-refractivity contribution in [2.45, 2.75) is 24.2 Å². The summed E-state index contributed by atoms with van der Waals surface area (Å²) in [5.41, 5.74) is 0.560. The lowest BCUT2D eigenvalue weighted by Crippen LogP contribution is -2.53. The number of carbonyl (C=O) groups excluding carboxylic acids is 4. The first-order valence-electron chi connectivity index (χ1n) is 16.7. The molecule has 256 valence electrons. The number of nitrogens with zero attached hydrogens (tertiary/aromatic N) is 2. The summed E-state index contributed by atoms with van der Waals surface area (Å²) in [6, 6.07) is 26.3. The average molecular weight is 703 g/mol. The number of ether oxygens (including phenoxy) is 1. The molecule has 4 aliphatic rings. The van der Waals surface area contributed by atoms with Crippen LogP contribution in [0.15, 0.2) is 109 Å². The van der Waals surface area contributed by atoms with E-state index in [1.54, 1.807) is 72.8 Å². The molecular formula is C39H32BClN2O8. The Bertz CT molecular complexity index is 2160. The van der Waals surface area contributed by atoms with Gasteiger partial charge in [0.05, 0.1) is 41.7 Å². The second-order valence-corrected chi connectivity index (χ2v) is 13.9. The molecule has 2 aliphatic heterocycles. The Kier molecular flexibility index (Phi) is 7.90. The van der Waals surface area contributed by atoms with E-state index in [0.717, 1.165) is 9.80 Å². The zero-order valence-corrected chi connectivity index (χ0v) is 28.1. The highest BCUT2D eigenvalue weighted by atomic mass is 35.5. The van der Waals surface area contributed by atoms with Crippen LogP contribution in [-0.2, 0) is 24.6 Å². The molecular weight excluding hydrogens is 671 g/mol. The Morgan fingerprint density at radius 3 is 2.22 bits per heavy atom. The molecule has 3 N–H and O–H groups in total. The van der Waals surface area contributed by atoms with Crippen molar-refractivity contribution in [1.82, 2.24) is 0 Å². The van der Waals surface area contributed by atoms with Gasteiger partial charge in [-0.1, -0.05) is 77.8 Å². The molecule has 8 rings (SSSR count). The molecule has 0 aromatic heterocycles. The standard InChI is InChI=1S/C39H32BClN2O8/c1-51-31-15-7-14-30(44)33(31)34-26-16-17-27-32(37(47)42(35(27)45)24-12-5-10-22(18-24)40(49)50)28(26)20-29-36(46)43(25-13-6-11-23(41)19-25)38(48)39(29,34)21-8-3-2-4-9-21/h2-16,18-19,27-29,32,34,44,49-50H,17,20H2,1H3. The summed E-state index contributed by atoms with van der Waals surface area (Å²) < 4.78 is 5.82. The lowest BCUT2D eigenvalue weighted by molar-refractivity contribution is -0.127. The Morgan fingerprint density at radius 2 is 1.51 bits per heavy atom. The van der Waals surface area contributed by atoms with E-state index in [4.69, 9.17) is 16.3 Å². The fourth-order valence-electron chi connectivity index (χ4n) is 9.14. The van der Waals surface area contributed by atoms with Crippen molar-refractivity contribution in [3.05, 3.63) is 125 Å². The minimum atomic E-state index is -1.81. The molecule has 2 heterocycles. The van der Waals surface area contributed by atoms with Gasteiger partial charge in [-0.25, -0.2) is 4.90 Å². The first kappa shape index (κ1) is 32.9. The van der Waals surface area contributed by atoms with Crippen molar-refractivity contribution >= 4 is 59.2 Å². The summed E-state index contributed by atoms with van der Waals surface area (Å²) in [6.07, 6.45) is 2.13. The minimum Gasteiger partial charge on any atom is -0.508 e. The zero-order chi connectivity index (χ0) is 35.8. The van der Waals surface area contributed by atoms with E-state index in [0.29, 0.717) is 33.2 Å². The van der Waals surface area contributed by atoms with Gasteiger partial charge in [-0.15, -0.1) is 0 Å². The van der Waals surface area contributed by atoms with Crippen LogP contribution in [0.25, 0.3) is 0 Å². The van der Waals surface area contributed by atoms with Gasteiger partial charge < -0.3 is 19.9 Å². The van der Waals surface area contributed by atoms with Crippen molar-refractivity contribution in [2.24, 2.45) is 23.7 Å². The largest absolute Gasteiger partial charge is 0.508 e. The highest BCUT2D eigenvalue weighted by molar-refractivity contribution is 6.58. The molecule has 4 aromatic rings. The number of fused-ring (bicyclic) bond motifs is 4. The molecule has 1 saturated carbocycles. The number of hydrogen-bond donors (Lipinski definition) is 3. The number of phenolic OH excluding ortho intramolecular Hbond substituents is 1. The highest BCUT2D eigenvalue weighted by Gasteiger charge is 2.71. The predicted octanol–water partition coefficient (Wildman–Crippen LogP) is 4.10. The van der Waals surface area contributed by atoms with E-state index in [1.165, 1.54) is 25.3 Å². The van der Waals surface area contributed by atoms with Crippen LogP contribution in [0.1, 0.15) is 29.9 Å². The van der Waals surface area contributed by atoms with E-state index < -0.39 is 65.8 Å². The summed E-state index contributed by atoms with van der Waals surface area (Å²) in [7, 11) is -0.342. The smallest absolute Gasteiger partial charge is 0.488 e. The van der Waals surface area contributed by atoms with Crippen molar-refractivity contribution in [3.8, 4) is 11.5 Å². The lowest BCUT2D eigenvalue weighted by atomic mass is 9.49. The molecule has 12 heteroatoms. The van der Waals surface area contributed by atoms with Gasteiger partial charge in [-0.05, 0) is 72.3 Å². The van der Waals surface area contributed by atoms with E-state index in [9.17, 15) is 29.5 Å². The van der Waals surface area contributed by atoms with Crippen LogP contribution >= 0.6 is 11.6 Å². The fraction of sp³-hybridized carbons (Fsp3) is 0.231. The Morgan fingerprint density at radius 1 is 0.804 bits per heavy atom. The monoisotopic (exact) mass is 702 g/mol. The van der Waals surface area contributed by atoms with E-state index >= 15 is 4.79 Å². The molecule has 3 fully saturated rings. The van der Waals surface area contributed by atoms with Gasteiger partial charge >= 0.3 is 7.12 Å². The number of hydrogen-bond acceptors (Lipinski definition) is 8. The number of imide groups is 2. The number of rotatable bonds is 6.